The Hall–Kier alpha value is -2.18. The molecule has 0 saturated carbocycles. The van der Waals surface area contributed by atoms with Crippen LogP contribution in [0.5, 0.6) is 0 Å². The van der Waals surface area contributed by atoms with E-state index >= 15 is 0 Å². The van der Waals surface area contributed by atoms with Gasteiger partial charge in [0.25, 0.3) is 11.8 Å². The fraction of sp³-hybridized carbons (Fsp3) is 0.368. The maximum atomic E-state index is 12.4. The van der Waals surface area contributed by atoms with E-state index in [1.165, 1.54) is 16.9 Å². The summed E-state index contributed by atoms with van der Waals surface area (Å²) in [6.45, 7) is 3.70. The lowest BCUT2D eigenvalue weighted by Crippen LogP contribution is -2.37. The van der Waals surface area contributed by atoms with Crippen LogP contribution in [0.4, 0.5) is 5.00 Å². The van der Waals surface area contributed by atoms with Crippen LogP contribution in [0.2, 0.25) is 0 Å². The number of carbonyl (C=O) groups is 2. The van der Waals surface area contributed by atoms with E-state index in [1.54, 1.807) is 6.07 Å². The van der Waals surface area contributed by atoms with Gasteiger partial charge in [0.15, 0.2) is 0 Å². The van der Waals surface area contributed by atoms with Crippen molar-refractivity contribution >= 4 is 28.2 Å². The SMILES string of the molecule is CCc1ccc(C(=O)Nc2sccc2C(=O)NCC2CCCN2)cc1. The van der Waals surface area contributed by atoms with E-state index in [2.05, 4.69) is 22.9 Å². The predicted octanol–water partition coefficient (Wildman–Crippen LogP) is 3.04. The second-order valence-electron chi connectivity index (χ2n) is 6.17. The zero-order chi connectivity index (χ0) is 17.6. The van der Waals surface area contributed by atoms with Crippen molar-refractivity contribution in [3.63, 3.8) is 0 Å². The number of rotatable bonds is 6. The van der Waals surface area contributed by atoms with Crippen LogP contribution in [0.25, 0.3) is 0 Å². The number of nitrogens with one attached hydrogen (secondary N) is 3. The summed E-state index contributed by atoms with van der Waals surface area (Å²) in [6.07, 6.45) is 3.17. The highest BCUT2D eigenvalue weighted by atomic mass is 32.1. The molecule has 0 aliphatic carbocycles. The molecule has 1 saturated heterocycles. The summed E-state index contributed by atoms with van der Waals surface area (Å²) in [5, 5.41) is 11.6. The number of hydrogen-bond acceptors (Lipinski definition) is 4. The van der Waals surface area contributed by atoms with E-state index in [0.717, 1.165) is 25.8 Å². The van der Waals surface area contributed by atoms with Crippen LogP contribution in [0, 0.1) is 0 Å². The first-order valence-electron chi connectivity index (χ1n) is 8.66. The highest BCUT2D eigenvalue weighted by Crippen LogP contribution is 2.24. The highest BCUT2D eigenvalue weighted by Gasteiger charge is 2.18. The molecular formula is C19H23N3O2S. The lowest BCUT2D eigenvalue weighted by Gasteiger charge is -2.12. The number of amides is 2. The van der Waals surface area contributed by atoms with Gasteiger partial charge >= 0.3 is 0 Å². The molecule has 3 rings (SSSR count). The molecule has 1 aliphatic heterocycles. The Morgan fingerprint density at radius 1 is 1.20 bits per heavy atom. The smallest absolute Gasteiger partial charge is 0.256 e. The van der Waals surface area contributed by atoms with Crippen molar-refractivity contribution < 1.29 is 9.59 Å². The van der Waals surface area contributed by atoms with Gasteiger partial charge in [0.05, 0.1) is 5.56 Å². The fourth-order valence-corrected chi connectivity index (χ4v) is 3.67. The third kappa shape index (κ3) is 4.46. The molecule has 2 aromatic rings. The number of aryl methyl sites for hydroxylation is 1. The van der Waals surface area contributed by atoms with E-state index in [0.29, 0.717) is 28.7 Å². The molecule has 25 heavy (non-hydrogen) atoms. The number of anilines is 1. The molecule has 1 atom stereocenters. The first-order valence-corrected chi connectivity index (χ1v) is 9.54. The monoisotopic (exact) mass is 357 g/mol. The zero-order valence-corrected chi connectivity index (χ0v) is 15.1. The van der Waals surface area contributed by atoms with Crippen molar-refractivity contribution in [2.75, 3.05) is 18.4 Å². The molecule has 5 nitrogen and oxygen atoms in total. The van der Waals surface area contributed by atoms with Crippen LogP contribution in [0.15, 0.2) is 35.7 Å². The first-order chi connectivity index (χ1) is 12.2. The molecule has 2 heterocycles. The average Bonchev–Trinajstić information content (AvgIpc) is 3.31. The standard InChI is InChI=1S/C19H23N3O2S/c1-2-13-5-7-14(8-6-13)17(23)22-19-16(9-11-25-19)18(24)21-12-15-4-3-10-20-15/h5-9,11,15,20H,2-4,10,12H2,1H3,(H,21,24)(H,22,23). The number of thiophene rings is 1. The Balaban J connectivity index is 1.61. The summed E-state index contributed by atoms with van der Waals surface area (Å²) in [4.78, 5) is 24.8. The molecule has 1 aromatic heterocycles. The van der Waals surface area contributed by atoms with Crippen LogP contribution in [0.3, 0.4) is 0 Å². The van der Waals surface area contributed by atoms with Crippen molar-refractivity contribution in [3.05, 3.63) is 52.4 Å². The normalized spacial score (nSPS) is 16.6. The first kappa shape index (κ1) is 17.6. The Bertz CT molecular complexity index is 733. The molecule has 1 unspecified atom stereocenters. The third-order valence-corrected chi connectivity index (χ3v) is 5.26. The van der Waals surface area contributed by atoms with E-state index in [1.807, 2.05) is 29.6 Å². The van der Waals surface area contributed by atoms with Gasteiger partial charge in [-0.2, -0.15) is 0 Å². The van der Waals surface area contributed by atoms with Gasteiger partial charge in [-0.15, -0.1) is 11.3 Å². The Labute approximate surface area is 151 Å². The lowest BCUT2D eigenvalue weighted by molar-refractivity contribution is 0.0951. The van der Waals surface area contributed by atoms with Gasteiger partial charge in [0, 0.05) is 18.2 Å². The minimum Gasteiger partial charge on any atom is -0.350 e. The molecular weight excluding hydrogens is 334 g/mol. The summed E-state index contributed by atoms with van der Waals surface area (Å²) < 4.78 is 0. The largest absolute Gasteiger partial charge is 0.350 e. The highest BCUT2D eigenvalue weighted by molar-refractivity contribution is 7.14. The zero-order valence-electron chi connectivity index (χ0n) is 14.3. The van der Waals surface area contributed by atoms with Gasteiger partial charge in [0.1, 0.15) is 5.00 Å². The summed E-state index contributed by atoms with van der Waals surface area (Å²) in [6, 6.07) is 9.62. The quantitative estimate of drug-likeness (QED) is 0.744. The maximum Gasteiger partial charge on any atom is 0.256 e. The Morgan fingerprint density at radius 2 is 2.00 bits per heavy atom. The van der Waals surface area contributed by atoms with Crippen molar-refractivity contribution in [2.45, 2.75) is 32.2 Å². The summed E-state index contributed by atoms with van der Waals surface area (Å²) >= 11 is 1.36. The van der Waals surface area contributed by atoms with Crippen molar-refractivity contribution in [1.82, 2.24) is 10.6 Å². The number of benzene rings is 1. The van der Waals surface area contributed by atoms with Gasteiger partial charge in [-0.05, 0) is 54.9 Å². The number of hydrogen-bond donors (Lipinski definition) is 3. The van der Waals surface area contributed by atoms with Crippen molar-refractivity contribution in [3.8, 4) is 0 Å². The van der Waals surface area contributed by atoms with E-state index in [9.17, 15) is 9.59 Å². The van der Waals surface area contributed by atoms with Crippen LogP contribution >= 0.6 is 11.3 Å². The van der Waals surface area contributed by atoms with E-state index in [4.69, 9.17) is 0 Å². The molecule has 132 valence electrons. The van der Waals surface area contributed by atoms with Gasteiger partial charge in [-0.1, -0.05) is 19.1 Å². The van der Waals surface area contributed by atoms with E-state index < -0.39 is 0 Å². The minimum absolute atomic E-state index is 0.147. The van der Waals surface area contributed by atoms with Crippen LogP contribution in [-0.4, -0.2) is 30.9 Å². The van der Waals surface area contributed by atoms with Gasteiger partial charge in [-0.25, -0.2) is 0 Å². The molecule has 0 radical (unpaired) electrons. The molecule has 6 heteroatoms. The second-order valence-corrected chi connectivity index (χ2v) is 7.09. The Kier molecular flexibility index (Phi) is 5.83. The summed E-state index contributed by atoms with van der Waals surface area (Å²) in [5.74, 6) is -0.344. The summed E-state index contributed by atoms with van der Waals surface area (Å²) in [7, 11) is 0. The Morgan fingerprint density at radius 3 is 2.68 bits per heavy atom. The van der Waals surface area contributed by atoms with Crippen LogP contribution in [-0.2, 0) is 6.42 Å². The van der Waals surface area contributed by atoms with Gasteiger partial charge in [0.2, 0.25) is 0 Å². The number of carbonyl (C=O) groups excluding carboxylic acids is 2. The van der Waals surface area contributed by atoms with Crippen molar-refractivity contribution in [2.24, 2.45) is 0 Å². The molecule has 3 N–H and O–H groups in total. The molecule has 0 bridgehead atoms. The lowest BCUT2D eigenvalue weighted by atomic mass is 10.1. The average molecular weight is 357 g/mol. The second kappa shape index (κ2) is 8.27. The fourth-order valence-electron chi connectivity index (χ4n) is 2.89. The van der Waals surface area contributed by atoms with Gasteiger partial charge in [-0.3, -0.25) is 9.59 Å². The third-order valence-electron chi connectivity index (χ3n) is 4.43. The molecule has 2 amide bonds. The molecule has 1 aromatic carbocycles. The van der Waals surface area contributed by atoms with E-state index in [-0.39, 0.29) is 11.8 Å². The van der Waals surface area contributed by atoms with Crippen molar-refractivity contribution in [1.29, 1.82) is 0 Å². The molecule has 0 spiro atoms. The minimum atomic E-state index is -0.198. The van der Waals surface area contributed by atoms with Gasteiger partial charge < -0.3 is 16.0 Å². The maximum absolute atomic E-state index is 12.4. The molecule has 1 fully saturated rings. The predicted molar refractivity (Wildman–Crippen MR) is 101 cm³/mol. The van der Waals surface area contributed by atoms with Crippen LogP contribution < -0.4 is 16.0 Å². The molecule has 1 aliphatic rings. The summed E-state index contributed by atoms with van der Waals surface area (Å²) in [5.41, 5.74) is 2.29. The topological polar surface area (TPSA) is 70.2 Å². The van der Waals surface area contributed by atoms with Crippen LogP contribution in [0.1, 0.15) is 46.0 Å².